The second-order valence-corrected chi connectivity index (χ2v) is 7.12. The zero-order valence-corrected chi connectivity index (χ0v) is 14.3. The van der Waals surface area contributed by atoms with E-state index < -0.39 is 0 Å². The Hall–Kier alpha value is -2.07. The highest BCUT2D eigenvalue weighted by Crippen LogP contribution is 2.41. The average molecular weight is 324 g/mol. The van der Waals surface area contributed by atoms with Crippen molar-refractivity contribution in [1.29, 1.82) is 0 Å². The summed E-state index contributed by atoms with van der Waals surface area (Å²) in [6.45, 7) is 4.96. The summed E-state index contributed by atoms with van der Waals surface area (Å²) >= 11 is 0. The fourth-order valence-electron chi connectivity index (χ4n) is 3.95. The molecule has 1 fully saturated rings. The number of hydrogen-bond donors (Lipinski definition) is 0. The van der Waals surface area contributed by atoms with E-state index in [1.165, 1.54) is 5.56 Å². The van der Waals surface area contributed by atoms with Crippen LogP contribution >= 0.6 is 0 Å². The summed E-state index contributed by atoms with van der Waals surface area (Å²) in [7, 11) is 0. The van der Waals surface area contributed by atoms with E-state index in [1.54, 1.807) is 0 Å². The van der Waals surface area contributed by atoms with Crippen LogP contribution < -0.4 is 0 Å². The second kappa shape index (κ2) is 6.10. The lowest BCUT2D eigenvalue weighted by molar-refractivity contribution is -0.146. The van der Waals surface area contributed by atoms with Gasteiger partial charge in [0.2, 0.25) is 5.91 Å². The molecule has 2 aromatic rings. The van der Waals surface area contributed by atoms with Crippen LogP contribution in [0.15, 0.2) is 48.7 Å². The van der Waals surface area contributed by atoms with Crippen LogP contribution in [-0.4, -0.2) is 28.0 Å². The number of hydrogen-bond acceptors (Lipinski definition) is 2. The van der Waals surface area contributed by atoms with Crippen LogP contribution in [0.3, 0.4) is 0 Å². The topological polar surface area (TPSA) is 34.5 Å². The normalized spacial score (nSPS) is 25.9. The Labute approximate surface area is 143 Å². The zero-order valence-electron chi connectivity index (χ0n) is 14.3. The number of carbonyl (C=O) groups excluding carboxylic acids is 1. The largest absolute Gasteiger partial charge is 0.350 e. The van der Waals surface area contributed by atoms with Crippen molar-refractivity contribution < 1.29 is 9.53 Å². The van der Waals surface area contributed by atoms with Crippen LogP contribution in [0.5, 0.6) is 0 Å². The third kappa shape index (κ3) is 2.46. The van der Waals surface area contributed by atoms with E-state index in [1.807, 2.05) is 23.2 Å². The molecular weight excluding hydrogens is 300 g/mol. The molecule has 3 heterocycles. The lowest BCUT2D eigenvalue weighted by Gasteiger charge is -2.39. The Morgan fingerprint density at radius 3 is 2.71 bits per heavy atom. The number of aryl methyl sites for hydroxylation is 1. The third-order valence-corrected chi connectivity index (χ3v) is 5.29. The fraction of sp³-hybridized carbons (Fsp3) is 0.450. The highest BCUT2D eigenvalue weighted by atomic mass is 16.5. The third-order valence-electron chi connectivity index (χ3n) is 5.29. The van der Waals surface area contributed by atoms with E-state index in [4.69, 9.17) is 4.74 Å². The highest BCUT2D eigenvalue weighted by molar-refractivity contribution is 5.82. The van der Waals surface area contributed by atoms with Crippen LogP contribution in [0.2, 0.25) is 0 Å². The molecule has 24 heavy (non-hydrogen) atoms. The number of carbonyl (C=O) groups is 1. The van der Waals surface area contributed by atoms with Crippen molar-refractivity contribution in [2.75, 3.05) is 6.61 Å². The van der Waals surface area contributed by atoms with Gasteiger partial charge in [0, 0.05) is 6.20 Å². The standard InChI is InChI=1S/C20H24N2O2/c1-14(2)18-13-24-20-17-9-6-12-21(17)16(19(23)22(18)20)11-10-15-7-4-3-5-8-15/h3-9,12,14,16,18,20H,10-11,13H2,1-2H3/t16-,18+,20?/m0/s1. The Bertz CT molecular complexity index is 722. The van der Waals surface area contributed by atoms with Crippen LogP contribution in [0, 0.1) is 5.92 Å². The van der Waals surface area contributed by atoms with Gasteiger partial charge in [-0.2, -0.15) is 0 Å². The first-order valence-electron chi connectivity index (χ1n) is 8.81. The number of amides is 1. The van der Waals surface area contributed by atoms with Crippen LogP contribution in [0.25, 0.3) is 0 Å². The van der Waals surface area contributed by atoms with Gasteiger partial charge < -0.3 is 14.2 Å². The monoisotopic (exact) mass is 324 g/mol. The average Bonchev–Trinajstić information content (AvgIpc) is 3.22. The van der Waals surface area contributed by atoms with E-state index in [9.17, 15) is 4.79 Å². The van der Waals surface area contributed by atoms with Gasteiger partial charge in [-0.25, -0.2) is 0 Å². The van der Waals surface area contributed by atoms with E-state index in [0.717, 1.165) is 18.5 Å². The van der Waals surface area contributed by atoms with E-state index in [2.05, 4.69) is 48.7 Å². The molecule has 0 aliphatic carbocycles. The molecule has 0 saturated carbocycles. The molecule has 1 amide bonds. The quantitative estimate of drug-likeness (QED) is 0.862. The van der Waals surface area contributed by atoms with Gasteiger partial charge in [-0.1, -0.05) is 44.2 Å². The molecule has 1 saturated heterocycles. The summed E-state index contributed by atoms with van der Waals surface area (Å²) in [5.74, 6) is 0.603. The molecule has 2 aliphatic rings. The lowest BCUT2D eigenvalue weighted by Crippen LogP contribution is -2.48. The van der Waals surface area contributed by atoms with E-state index in [0.29, 0.717) is 12.5 Å². The molecule has 3 atom stereocenters. The predicted octanol–water partition coefficient (Wildman–Crippen LogP) is 3.56. The predicted molar refractivity (Wildman–Crippen MR) is 92.4 cm³/mol. The minimum absolute atomic E-state index is 0.130. The van der Waals surface area contributed by atoms with Gasteiger partial charge in [0.25, 0.3) is 0 Å². The molecule has 0 radical (unpaired) electrons. The van der Waals surface area contributed by atoms with E-state index in [-0.39, 0.29) is 24.2 Å². The Kier molecular flexibility index (Phi) is 3.93. The molecule has 1 unspecified atom stereocenters. The van der Waals surface area contributed by atoms with Crippen molar-refractivity contribution in [3.8, 4) is 0 Å². The van der Waals surface area contributed by atoms with Crippen LogP contribution in [0.1, 0.15) is 43.8 Å². The first kappa shape index (κ1) is 15.5. The minimum Gasteiger partial charge on any atom is -0.350 e. The highest BCUT2D eigenvalue weighted by Gasteiger charge is 2.47. The van der Waals surface area contributed by atoms with Crippen molar-refractivity contribution in [3.05, 3.63) is 59.9 Å². The number of nitrogens with zero attached hydrogens (tertiary/aromatic N) is 2. The molecule has 4 nitrogen and oxygen atoms in total. The Balaban J connectivity index is 1.62. The molecule has 2 aliphatic heterocycles. The summed E-state index contributed by atoms with van der Waals surface area (Å²) in [6.07, 6.45) is 3.53. The SMILES string of the molecule is CC(C)[C@H]1COC2c3cccn3[C@@H](CCc3ccccc3)C(=O)N21. The molecule has 0 bridgehead atoms. The molecule has 4 heteroatoms. The molecule has 0 N–H and O–H groups in total. The summed E-state index contributed by atoms with van der Waals surface area (Å²) in [6, 6.07) is 14.5. The van der Waals surface area contributed by atoms with Gasteiger partial charge in [0.15, 0.2) is 6.23 Å². The summed E-state index contributed by atoms with van der Waals surface area (Å²) in [5.41, 5.74) is 2.38. The fourth-order valence-corrected chi connectivity index (χ4v) is 3.95. The zero-order chi connectivity index (χ0) is 16.7. The summed E-state index contributed by atoms with van der Waals surface area (Å²) in [4.78, 5) is 15.2. The molecule has 1 aromatic heterocycles. The van der Waals surface area contributed by atoms with Gasteiger partial charge in [0.05, 0.1) is 18.3 Å². The molecule has 0 spiro atoms. The number of benzene rings is 1. The lowest BCUT2D eigenvalue weighted by atomic mass is 9.98. The van der Waals surface area contributed by atoms with Gasteiger partial charge in [-0.05, 0) is 36.5 Å². The number of aromatic nitrogens is 1. The molecular formula is C20H24N2O2. The smallest absolute Gasteiger partial charge is 0.248 e. The number of fused-ring (bicyclic) bond motifs is 3. The first-order chi connectivity index (χ1) is 11.7. The number of rotatable bonds is 4. The van der Waals surface area contributed by atoms with Crippen molar-refractivity contribution in [3.63, 3.8) is 0 Å². The van der Waals surface area contributed by atoms with Gasteiger partial charge in [0.1, 0.15) is 6.04 Å². The summed E-state index contributed by atoms with van der Waals surface area (Å²) in [5, 5.41) is 0. The van der Waals surface area contributed by atoms with Crippen LogP contribution in [0.4, 0.5) is 0 Å². The summed E-state index contributed by atoms with van der Waals surface area (Å²) < 4.78 is 8.10. The van der Waals surface area contributed by atoms with Crippen molar-refractivity contribution in [2.24, 2.45) is 5.92 Å². The maximum atomic E-state index is 13.2. The first-order valence-corrected chi connectivity index (χ1v) is 8.81. The Morgan fingerprint density at radius 2 is 1.96 bits per heavy atom. The maximum absolute atomic E-state index is 13.2. The van der Waals surface area contributed by atoms with Crippen LogP contribution in [-0.2, 0) is 16.0 Å². The van der Waals surface area contributed by atoms with Gasteiger partial charge in [-0.15, -0.1) is 0 Å². The molecule has 126 valence electrons. The number of ether oxygens (including phenoxy) is 1. The van der Waals surface area contributed by atoms with Gasteiger partial charge >= 0.3 is 0 Å². The Morgan fingerprint density at radius 1 is 1.17 bits per heavy atom. The van der Waals surface area contributed by atoms with Crippen molar-refractivity contribution in [1.82, 2.24) is 9.47 Å². The second-order valence-electron chi connectivity index (χ2n) is 7.12. The van der Waals surface area contributed by atoms with Gasteiger partial charge in [-0.3, -0.25) is 4.79 Å². The maximum Gasteiger partial charge on any atom is 0.248 e. The minimum atomic E-state index is -0.215. The van der Waals surface area contributed by atoms with E-state index >= 15 is 0 Å². The van der Waals surface area contributed by atoms with Crippen molar-refractivity contribution in [2.45, 2.75) is 45.0 Å². The molecule has 4 rings (SSSR count). The van der Waals surface area contributed by atoms with Crippen molar-refractivity contribution >= 4 is 5.91 Å². The molecule has 1 aromatic carbocycles.